The molecule has 4 aromatic rings. The van der Waals surface area contributed by atoms with Crippen LogP contribution in [0, 0.1) is 6.92 Å². The molecule has 4 nitrogen and oxygen atoms in total. The number of ether oxygens (including phenoxy) is 1. The van der Waals surface area contributed by atoms with Crippen molar-refractivity contribution in [1.82, 2.24) is 4.57 Å². The molecule has 0 radical (unpaired) electrons. The van der Waals surface area contributed by atoms with Crippen LogP contribution < -0.4 is 10.1 Å². The van der Waals surface area contributed by atoms with Gasteiger partial charge in [-0.2, -0.15) is 0 Å². The lowest BCUT2D eigenvalue weighted by atomic mass is 10.1. The number of para-hydroxylation sites is 1. The maximum Gasteiger partial charge on any atom is 0.265 e. The molecule has 1 unspecified atom stereocenters. The van der Waals surface area contributed by atoms with Crippen molar-refractivity contribution in [3.63, 3.8) is 0 Å². The summed E-state index contributed by atoms with van der Waals surface area (Å²) in [6, 6.07) is 19.7. The lowest BCUT2D eigenvalue weighted by molar-refractivity contribution is -0.122. The van der Waals surface area contributed by atoms with Crippen LogP contribution >= 0.6 is 11.6 Å². The number of hydrogen-bond donors (Lipinski definition) is 1. The molecule has 148 valence electrons. The summed E-state index contributed by atoms with van der Waals surface area (Å²) in [6.07, 6.45) is -0.636. The van der Waals surface area contributed by atoms with Crippen LogP contribution in [-0.4, -0.2) is 16.6 Å². The van der Waals surface area contributed by atoms with Gasteiger partial charge in [-0.15, -0.1) is 0 Å². The average molecular weight is 407 g/mol. The number of carbonyl (C=O) groups excluding carboxylic acids is 1. The minimum Gasteiger partial charge on any atom is -0.481 e. The SMILES string of the molecule is CCn1c2ccccc2c2cc(NC(=O)C(C)Oc3ccc(Cl)c(C)c3)ccc21. The molecule has 0 aliphatic rings. The number of fused-ring (bicyclic) bond motifs is 3. The number of halogens is 1. The molecule has 0 bridgehead atoms. The Labute approximate surface area is 175 Å². The van der Waals surface area contributed by atoms with Crippen molar-refractivity contribution in [2.24, 2.45) is 0 Å². The predicted octanol–water partition coefficient (Wildman–Crippen LogP) is 6.18. The Morgan fingerprint density at radius 1 is 1.07 bits per heavy atom. The predicted molar refractivity (Wildman–Crippen MR) is 120 cm³/mol. The van der Waals surface area contributed by atoms with Gasteiger partial charge in [0.2, 0.25) is 0 Å². The van der Waals surface area contributed by atoms with Crippen molar-refractivity contribution >= 4 is 45.0 Å². The Hall–Kier alpha value is -2.98. The number of nitrogens with zero attached hydrogens (tertiary/aromatic N) is 1. The second-order valence-corrected chi connectivity index (χ2v) is 7.56. The molecule has 0 fully saturated rings. The zero-order valence-electron chi connectivity index (χ0n) is 16.7. The number of hydrogen-bond acceptors (Lipinski definition) is 2. The average Bonchev–Trinajstić information content (AvgIpc) is 3.03. The second kappa shape index (κ2) is 7.80. The van der Waals surface area contributed by atoms with Gasteiger partial charge in [0.05, 0.1) is 0 Å². The van der Waals surface area contributed by atoms with Crippen LogP contribution in [0.5, 0.6) is 5.75 Å². The van der Waals surface area contributed by atoms with E-state index in [0.29, 0.717) is 10.8 Å². The van der Waals surface area contributed by atoms with E-state index >= 15 is 0 Å². The molecule has 3 aromatic carbocycles. The van der Waals surface area contributed by atoms with Crippen molar-refractivity contribution in [1.29, 1.82) is 0 Å². The molecule has 1 heterocycles. The van der Waals surface area contributed by atoms with Crippen molar-refractivity contribution in [2.45, 2.75) is 33.4 Å². The fourth-order valence-electron chi connectivity index (χ4n) is 3.66. The van der Waals surface area contributed by atoms with Gasteiger partial charge in [-0.3, -0.25) is 4.79 Å². The standard InChI is InChI=1S/C24H23ClN2O2/c1-4-27-22-8-6-5-7-19(22)20-14-17(9-12-23(20)27)26-24(28)16(3)29-18-10-11-21(25)15(2)13-18/h5-14,16H,4H2,1-3H3,(H,26,28). The highest BCUT2D eigenvalue weighted by Gasteiger charge is 2.16. The highest BCUT2D eigenvalue weighted by atomic mass is 35.5. The molecule has 0 aliphatic carbocycles. The third-order valence-corrected chi connectivity index (χ3v) is 5.59. The van der Waals surface area contributed by atoms with Gasteiger partial charge < -0.3 is 14.6 Å². The minimum absolute atomic E-state index is 0.198. The van der Waals surface area contributed by atoms with E-state index in [1.807, 2.05) is 37.3 Å². The highest BCUT2D eigenvalue weighted by molar-refractivity contribution is 6.31. The number of benzene rings is 3. The fourth-order valence-corrected chi connectivity index (χ4v) is 3.78. The molecule has 1 aromatic heterocycles. The number of anilines is 1. The summed E-state index contributed by atoms with van der Waals surface area (Å²) in [7, 11) is 0. The van der Waals surface area contributed by atoms with E-state index in [1.54, 1.807) is 19.1 Å². The first-order valence-electron chi connectivity index (χ1n) is 9.72. The van der Waals surface area contributed by atoms with Crippen LogP contribution in [0.4, 0.5) is 5.69 Å². The Kier molecular flexibility index (Phi) is 5.20. The molecule has 29 heavy (non-hydrogen) atoms. The summed E-state index contributed by atoms with van der Waals surface area (Å²) in [5.41, 5.74) is 4.02. The molecular formula is C24H23ClN2O2. The van der Waals surface area contributed by atoms with E-state index in [1.165, 1.54) is 10.9 Å². The summed E-state index contributed by atoms with van der Waals surface area (Å²) in [5, 5.41) is 5.96. The normalized spacial score (nSPS) is 12.3. The Bertz CT molecular complexity index is 1210. The summed E-state index contributed by atoms with van der Waals surface area (Å²) in [6.45, 7) is 6.67. The van der Waals surface area contributed by atoms with Gasteiger partial charge in [0.25, 0.3) is 5.91 Å². The lowest BCUT2D eigenvalue weighted by Gasteiger charge is -2.15. The van der Waals surface area contributed by atoms with Gasteiger partial charge in [0, 0.05) is 39.1 Å². The van der Waals surface area contributed by atoms with E-state index in [9.17, 15) is 4.79 Å². The molecule has 1 amide bonds. The van der Waals surface area contributed by atoms with E-state index in [4.69, 9.17) is 16.3 Å². The first-order valence-corrected chi connectivity index (χ1v) is 10.1. The first-order chi connectivity index (χ1) is 14.0. The quantitative estimate of drug-likeness (QED) is 0.430. The van der Waals surface area contributed by atoms with E-state index in [2.05, 4.69) is 35.0 Å². The van der Waals surface area contributed by atoms with Crippen LogP contribution in [0.3, 0.4) is 0 Å². The fraction of sp³-hybridized carbons (Fsp3) is 0.208. The van der Waals surface area contributed by atoms with Gasteiger partial charge in [0.1, 0.15) is 5.75 Å². The van der Waals surface area contributed by atoms with Gasteiger partial charge >= 0.3 is 0 Å². The number of amides is 1. The lowest BCUT2D eigenvalue weighted by Crippen LogP contribution is -2.30. The van der Waals surface area contributed by atoms with Crippen LogP contribution in [0.25, 0.3) is 21.8 Å². The Balaban J connectivity index is 1.57. The van der Waals surface area contributed by atoms with E-state index < -0.39 is 6.10 Å². The smallest absolute Gasteiger partial charge is 0.265 e. The summed E-state index contributed by atoms with van der Waals surface area (Å²) in [5.74, 6) is 0.423. The van der Waals surface area contributed by atoms with Crippen LogP contribution in [0.15, 0.2) is 60.7 Å². The number of rotatable bonds is 5. The third kappa shape index (κ3) is 3.68. The van der Waals surface area contributed by atoms with Crippen molar-refractivity contribution < 1.29 is 9.53 Å². The monoisotopic (exact) mass is 406 g/mol. The highest BCUT2D eigenvalue weighted by Crippen LogP contribution is 2.31. The summed E-state index contributed by atoms with van der Waals surface area (Å²) in [4.78, 5) is 12.7. The number of aromatic nitrogens is 1. The van der Waals surface area contributed by atoms with Crippen molar-refractivity contribution in [3.05, 3.63) is 71.2 Å². The van der Waals surface area contributed by atoms with Crippen molar-refractivity contribution in [2.75, 3.05) is 5.32 Å². The van der Waals surface area contributed by atoms with Gasteiger partial charge in [0.15, 0.2) is 6.10 Å². The molecule has 5 heteroatoms. The summed E-state index contributed by atoms with van der Waals surface area (Å²) >= 11 is 6.05. The zero-order chi connectivity index (χ0) is 20.5. The Morgan fingerprint density at radius 2 is 1.83 bits per heavy atom. The number of aryl methyl sites for hydroxylation is 2. The molecule has 0 saturated carbocycles. The third-order valence-electron chi connectivity index (χ3n) is 5.17. The molecule has 0 saturated heterocycles. The van der Waals surface area contributed by atoms with Gasteiger partial charge in [-0.05, 0) is 68.8 Å². The summed E-state index contributed by atoms with van der Waals surface area (Å²) < 4.78 is 8.07. The van der Waals surface area contributed by atoms with Crippen molar-refractivity contribution in [3.8, 4) is 5.75 Å². The number of carbonyl (C=O) groups is 1. The molecule has 1 atom stereocenters. The maximum absolute atomic E-state index is 12.7. The number of nitrogens with one attached hydrogen (secondary N) is 1. The van der Waals surface area contributed by atoms with E-state index in [-0.39, 0.29) is 5.91 Å². The van der Waals surface area contributed by atoms with Crippen LogP contribution in [0.2, 0.25) is 5.02 Å². The molecule has 1 N–H and O–H groups in total. The molecule has 4 rings (SSSR count). The topological polar surface area (TPSA) is 43.3 Å². The van der Waals surface area contributed by atoms with Gasteiger partial charge in [-0.25, -0.2) is 0 Å². The second-order valence-electron chi connectivity index (χ2n) is 7.15. The largest absolute Gasteiger partial charge is 0.481 e. The van der Waals surface area contributed by atoms with Crippen LogP contribution in [-0.2, 0) is 11.3 Å². The maximum atomic E-state index is 12.7. The zero-order valence-corrected chi connectivity index (χ0v) is 17.5. The Morgan fingerprint density at radius 3 is 2.59 bits per heavy atom. The first kappa shape index (κ1) is 19.3. The molecular weight excluding hydrogens is 384 g/mol. The molecule has 0 spiro atoms. The van der Waals surface area contributed by atoms with Crippen LogP contribution in [0.1, 0.15) is 19.4 Å². The van der Waals surface area contributed by atoms with Gasteiger partial charge in [-0.1, -0.05) is 29.8 Å². The molecule has 0 aliphatic heterocycles. The minimum atomic E-state index is -0.636. The van der Waals surface area contributed by atoms with E-state index in [0.717, 1.165) is 28.7 Å².